The van der Waals surface area contributed by atoms with Gasteiger partial charge in [0, 0.05) is 6.61 Å². The fourth-order valence-electron chi connectivity index (χ4n) is 2.02. The molecule has 0 saturated carbocycles. The summed E-state index contributed by atoms with van der Waals surface area (Å²) in [6.45, 7) is 12.9. The summed E-state index contributed by atoms with van der Waals surface area (Å²) in [5, 5.41) is 10.3. The summed E-state index contributed by atoms with van der Waals surface area (Å²) in [4.78, 5) is 0. The van der Waals surface area contributed by atoms with Gasteiger partial charge in [-0.15, -0.1) is 0 Å². The lowest BCUT2D eigenvalue weighted by molar-refractivity contribution is -0.0983. The highest BCUT2D eigenvalue weighted by molar-refractivity contribution is 5.29. The minimum Gasteiger partial charge on any atom is -0.385 e. The number of aliphatic hydroxyl groups is 1. The Bertz CT molecular complexity index is 371. The number of aliphatic hydroxyl groups excluding tert-OH is 1. The lowest BCUT2D eigenvalue weighted by Gasteiger charge is -2.31. The van der Waals surface area contributed by atoms with Gasteiger partial charge in [0.1, 0.15) is 6.10 Å². The van der Waals surface area contributed by atoms with E-state index in [4.69, 9.17) is 4.74 Å². The quantitative estimate of drug-likeness (QED) is 0.880. The average Bonchev–Trinajstić information content (AvgIpc) is 2.27. The zero-order chi connectivity index (χ0) is 14.0. The Morgan fingerprint density at radius 3 is 1.94 bits per heavy atom. The highest BCUT2D eigenvalue weighted by Gasteiger charge is 2.29. The molecule has 0 saturated heterocycles. The fourth-order valence-corrected chi connectivity index (χ4v) is 2.02. The van der Waals surface area contributed by atoms with Crippen molar-refractivity contribution in [2.75, 3.05) is 6.61 Å². The van der Waals surface area contributed by atoms with Crippen molar-refractivity contribution in [3.8, 4) is 0 Å². The van der Waals surface area contributed by atoms with Gasteiger partial charge in [0.25, 0.3) is 0 Å². The van der Waals surface area contributed by atoms with Gasteiger partial charge < -0.3 is 9.84 Å². The van der Waals surface area contributed by atoms with Crippen molar-refractivity contribution in [3.05, 3.63) is 35.4 Å². The van der Waals surface area contributed by atoms with Crippen LogP contribution in [0.15, 0.2) is 24.3 Å². The summed E-state index contributed by atoms with van der Waals surface area (Å²) >= 11 is 0. The van der Waals surface area contributed by atoms with E-state index in [0.29, 0.717) is 6.61 Å². The molecule has 0 heterocycles. The number of hydrogen-bond acceptors (Lipinski definition) is 2. The van der Waals surface area contributed by atoms with Gasteiger partial charge in [-0.25, -0.2) is 0 Å². The van der Waals surface area contributed by atoms with Crippen molar-refractivity contribution in [3.63, 3.8) is 0 Å². The van der Waals surface area contributed by atoms with E-state index in [1.807, 2.05) is 32.9 Å². The average molecular weight is 250 g/mol. The minimum atomic E-state index is -0.605. The molecule has 102 valence electrons. The van der Waals surface area contributed by atoms with Crippen LogP contribution in [0.4, 0.5) is 0 Å². The van der Waals surface area contributed by atoms with E-state index < -0.39 is 11.7 Å². The number of ether oxygens (including phenoxy) is 1. The molecule has 0 fully saturated rings. The van der Waals surface area contributed by atoms with Crippen LogP contribution in [-0.2, 0) is 10.2 Å². The summed E-state index contributed by atoms with van der Waals surface area (Å²) in [5.41, 5.74) is 1.76. The van der Waals surface area contributed by atoms with Crippen molar-refractivity contribution in [1.29, 1.82) is 0 Å². The van der Waals surface area contributed by atoms with E-state index in [9.17, 15) is 5.11 Å². The lowest BCUT2D eigenvalue weighted by Crippen LogP contribution is -2.32. The first kappa shape index (κ1) is 15.2. The Labute approximate surface area is 111 Å². The molecule has 1 rings (SSSR count). The highest BCUT2D eigenvalue weighted by Crippen LogP contribution is 2.30. The van der Waals surface area contributed by atoms with Crippen LogP contribution in [0.1, 0.15) is 58.8 Å². The van der Waals surface area contributed by atoms with Gasteiger partial charge in [-0.3, -0.25) is 0 Å². The highest BCUT2D eigenvalue weighted by atomic mass is 16.5. The summed E-state index contributed by atoms with van der Waals surface area (Å²) < 4.78 is 5.59. The largest absolute Gasteiger partial charge is 0.385 e. The summed E-state index contributed by atoms with van der Waals surface area (Å²) in [6, 6.07) is 8.15. The molecular weight excluding hydrogens is 224 g/mol. The third kappa shape index (κ3) is 3.56. The fraction of sp³-hybridized carbons (Fsp3) is 0.625. The maximum absolute atomic E-state index is 10.3. The molecule has 0 aliphatic rings. The molecule has 1 aromatic rings. The van der Waals surface area contributed by atoms with Gasteiger partial charge in [0.2, 0.25) is 0 Å². The molecule has 2 nitrogen and oxygen atoms in total. The van der Waals surface area contributed by atoms with E-state index in [-0.39, 0.29) is 5.41 Å². The topological polar surface area (TPSA) is 29.5 Å². The summed E-state index contributed by atoms with van der Waals surface area (Å²) in [5.74, 6) is 0. The first-order valence-electron chi connectivity index (χ1n) is 6.61. The van der Waals surface area contributed by atoms with Crippen molar-refractivity contribution < 1.29 is 9.84 Å². The van der Waals surface area contributed by atoms with Crippen molar-refractivity contribution >= 4 is 0 Å². The third-order valence-corrected chi connectivity index (χ3v) is 3.27. The third-order valence-electron chi connectivity index (χ3n) is 3.27. The summed E-state index contributed by atoms with van der Waals surface area (Å²) in [7, 11) is 0. The van der Waals surface area contributed by atoms with Crippen LogP contribution in [0.2, 0.25) is 0 Å². The predicted molar refractivity (Wildman–Crippen MR) is 75.8 cm³/mol. The van der Waals surface area contributed by atoms with Gasteiger partial charge in [0.15, 0.2) is 0 Å². The molecule has 0 aliphatic heterocycles. The monoisotopic (exact) mass is 250 g/mol. The Kier molecular flexibility index (Phi) is 4.57. The smallest absolute Gasteiger partial charge is 0.107 e. The lowest BCUT2D eigenvalue weighted by atomic mass is 9.85. The molecule has 0 amide bonds. The van der Waals surface area contributed by atoms with Gasteiger partial charge in [-0.1, -0.05) is 45.0 Å². The predicted octanol–water partition coefficient (Wildman–Crippen LogP) is 3.83. The van der Waals surface area contributed by atoms with E-state index in [0.717, 1.165) is 5.56 Å². The first-order chi connectivity index (χ1) is 8.18. The molecule has 0 spiro atoms. The number of benzene rings is 1. The molecule has 1 aromatic carbocycles. The van der Waals surface area contributed by atoms with E-state index in [1.165, 1.54) is 5.56 Å². The molecule has 2 heteroatoms. The maximum Gasteiger partial charge on any atom is 0.107 e. The van der Waals surface area contributed by atoms with Crippen LogP contribution < -0.4 is 0 Å². The van der Waals surface area contributed by atoms with Crippen LogP contribution in [0, 0.1) is 0 Å². The number of hydrogen-bond donors (Lipinski definition) is 1. The molecular formula is C16H26O2. The van der Waals surface area contributed by atoms with Crippen LogP contribution in [0.5, 0.6) is 0 Å². The Morgan fingerprint density at radius 1 is 1.06 bits per heavy atom. The van der Waals surface area contributed by atoms with E-state index in [2.05, 4.69) is 32.9 Å². The number of rotatable bonds is 4. The normalized spacial score (nSPS) is 14.6. The van der Waals surface area contributed by atoms with Crippen LogP contribution in [-0.4, -0.2) is 17.3 Å². The molecule has 0 aliphatic carbocycles. The second-order valence-electron chi connectivity index (χ2n) is 6.31. The van der Waals surface area contributed by atoms with E-state index >= 15 is 0 Å². The first-order valence-corrected chi connectivity index (χ1v) is 6.61. The van der Waals surface area contributed by atoms with Crippen molar-refractivity contribution in [1.82, 2.24) is 0 Å². The van der Waals surface area contributed by atoms with Crippen LogP contribution in [0.25, 0.3) is 0 Å². The summed E-state index contributed by atoms with van der Waals surface area (Å²) in [6.07, 6.45) is -0.605. The molecule has 0 aromatic heterocycles. The molecule has 0 radical (unpaired) electrons. The second-order valence-corrected chi connectivity index (χ2v) is 6.31. The molecule has 0 bridgehead atoms. The SMILES string of the molecule is CCOC(C)(C)C(O)c1ccc(C(C)(C)C)cc1. The van der Waals surface area contributed by atoms with Gasteiger partial charge in [-0.05, 0) is 37.3 Å². The zero-order valence-electron chi connectivity index (χ0n) is 12.4. The Morgan fingerprint density at radius 2 is 1.56 bits per heavy atom. The van der Waals surface area contributed by atoms with Crippen LogP contribution in [0.3, 0.4) is 0 Å². The molecule has 1 atom stereocenters. The van der Waals surface area contributed by atoms with Gasteiger partial charge in [-0.2, -0.15) is 0 Å². The maximum atomic E-state index is 10.3. The van der Waals surface area contributed by atoms with Crippen molar-refractivity contribution in [2.24, 2.45) is 0 Å². The standard InChI is InChI=1S/C16H26O2/c1-7-18-16(5,6)14(17)12-8-10-13(11-9-12)15(2,3)4/h8-11,14,17H,7H2,1-6H3. The molecule has 18 heavy (non-hydrogen) atoms. The van der Waals surface area contributed by atoms with Crippen LogP contribution >= 0.6 is 0 Å². The zero-order valence-corrected chi connectivity index (χ0v) is 12.4. The van der Waals surface area contributed by atoms with E-state index in [1.54, 1.807) is 0 Å². The Balaban J connectivity index is 2.92. The van der Waals surface area contributed by atoms with Gasteiger partial charge in [0.05, 0.1) is 5.60 Å². The molecule has 1 unspecified atom stereocenters. The Hall–Kier alpha value is -0.860. The van der Waals surface area contributed by atoms with Gasteiger partial charge >= 0.3 is 0 Å². The molecule has 1 N–H and O–H groups in total. The minimum absolute atomic E-state index is 0.138. The van der Waals surface area contributed by atoms with Crippen molar-refractivity contribution in [2.45, 2.75) is 58.7 Å². The second kappa shape index (κ2) is 5.41.